The lowest BCUT2D eigenvalue weighted by Gasteiger charge is -2.19. The summed E-state index contributed by atoms with van der Waals surface area (Å²) in [5, 5.41) is 0. The molecule has 0 fully saturated rings. The maximum Gasteiger partial charge on any atom is 0.380 e. The van der Waals surface area contributed by atoms with E-state index in [9.17, 15) is 9.59 Å². The van der Waals surface area contributed by atoms with Crippen molar-refractivity contribution in [2.24, 2.45) is 0 Å². The van der Waals surface area contributed by atoms with Gasteiger partial charge in [-0.05, 0) is 11.1 Å². The van der Waals surface area contributed by atoms with E-state index < -0.39 is 17.9 Å². The number of ether oxygens (including phenoxy) is 2. The topological polar surface area (TPSA) is 52.6 Å². The van der Waals surface area contributed by atoms with Gasteiger partial charge in [-0.1, -0.05) is 54.6 Å². The largest absolute Gasteiger partial charge is 0.453 e. The number of methoxy groups -OCH3 is 1. The summed E-state index contributed by atoms with van der Waals surface area (Å²) in [5.74, 6) is -1.47. The van der Waals surface area contributed by atoms with Gasteiger partial charge in [-0.3, -0.25) is 4.79 Å². The van der Waals surface area contributed by atoms with Crippen molar-refractivity contribution in [1.82, 2.24) is 0 Å². The van der Waals surface area contributed by atoms with Crippen molar-refractivity contribution in [3.63, 3.8) is 0 Å². The third kappa shape index (κ3) is 2.65. The van der Waals surface area contributed by atoms with Gasteiger partial charge in [-0.25, -0.2) is 4.79 Å². The molecule has 2 unspecified atom stereocenters. The summed E-state index contributed by atoms with van der Waals surface area (Å²) >= 11 is 0. The highest BCUT2D eigenvalue weighted by molar-refractivity contribution is 6.40. The van der Waals surface area contributed by atoms with Crippen LogP contribution in [0.2, 0.25) is 0 Å². The van der Waals surface area contributed by atoms with Crippen molar-refractivity contribution in [3.8, 4) is 0 Å². The average Bonchev–Trinajstić information content (AvgIpc) is 2.91. The molecule has 0 spiro atoms. The van der Waals surface area contributed by atoms with Crippen LogP contribution in [0, 0.1) is 0 Å². The molecule has 0 saturated carbocycles. The van der Waals surface area contributed by atoms with E-state index in [2.05, 4.69) is 0 Å². The lowest BCUT2D eigenvalue weighted by Crippen LogP contribution is -2.28. The molecule has 4 nitrogen and oxygen atoms in total. The molecule has 4 heteroatoms. The SMILES string of the molecule is COC1c2ccccc2CC1OC(=O)C(=O)c1ccccc1. The Morgan fingerprint density at radius 2 is 1.68 bits per heavy atom. The minimum atomic E-state index is -0.842. The molecule has 1 aliphatic rings. The third-order valence-corrected chi connectivity index (χ3v) is 3.85. The highest BCUT2D eigenvalue weighted by Crippen LogP contribution is 2.35. The first-order chi connectivity index (χ1) is 10.7. The molecule has 0 bridgehead atoms. The lowest BCUT2D eigenvalue weighted by molar-refractivity contribution is -0.149. The van der Waals surface area contributed by atoms with E-state index in [1.165, 1.54) is 0 Å². The quantitative estimate of drug-likeness (QED) is 0.494. The Labute approximate surface area is 128 Å². The highest BCUT2D eigenvalue weighted by atomic mass is 16.6. The van der Waals surface area contributed by atoms with Gasteiger partial charge in [-0.15, -0.1) is 0 Å². The van der Waals surface area contributed by atoms with Crippen LogP contribution in [0.15, 0.2) is 54.6 Å². The molecule has 0 radical (unpaired) electrons. The molecular formula is C18H16O4. The van der Waals surface area contributed by atoms with Crippen LogP contribution in [0.1, 0.15) is 27.6 Å². The van der Waals surface area contributed by atoms with Gasteiger partial charge < -0.3 is 9.47 Å². The first-order valence-electron chi connectivity index (χ1n) is 7.11. The summed E-state index contributed by atoms with van der Waals surface area (Å²) in [4.78, 5) is 24.2. The van der Waals surface area contributed by atoms with E-state index >= 15 is 0 Å². The van der Waals surface area contributed by atoms with E-state index in [1.807, 2.05) is 24.3 Å². The zero-order valence-corrected chi connectivity index (χ0v) is 12.2. The fourth-order valence-corrected chi connectivity index (χ4v) is 2.80. The summed E-state index contributed by atoms with van der Waals surface area (Å²) in [6.45, 7) is 0. The summed E-state index contributed by atoms with van der Waals surface area (Å²) in [7, 11) is 1.58. The van der Waals surface area contributed by atoms with Crippen molar-refractivity contribution >= 4 is 11.8 Å². The van der Waals surface area contributed by atoms with Crippen molar-refractivity contribution in [3.05, 3.63) is 71.3 Å². The van der Waals surface area contributed by atoms with Crippen LogP contribution >= 0.6 is 0 Å². The van der Waals surface area contributed by atoms with E-state index in [0.29, 0.717) is 12.0 Å². The molecule has 3 rings (SSSR count). The lowest BCUT2D eigenvalue weighted by atomic mass is 10.1. The van der Waals surface area contributed by atoms with Crippen LogP contribution in [0.5, 0.6) is 0 Å². The molecule has 0 aliphatic heterocycles. The Balaban J connectivity index is 1.74. The molecule has 112 valence electrons. The van der Waals surface area contributed by atoms with Gasteiger partial charge in [0.2, 0.25) is 0 Å². The van der Waals surface area contributed by atoms with Gasteiger partial charge in [0.15, 0.2) is 0 Å². The second-order valence-corrected chi connectivity index (χ2v) is 5.20. The van der Waals surface area contributed by atoms with Gasteiger partial charge in [0.1, 0.15) is 12.2 Å². The van der Waals surface area contributed by atoms with Crippen LogP contribution in [-0.4, -0.2) is 25.0 Å². The molecule has 0 aromatic heterocycles. The first-order valence-corrected chi connectivity index (χ1v) is 7.11. The number of ketones is 1. The maximum absolute atomic E-state index is 12.1. The van der Waals surface area contributed by atoms with Gasteiger partial charge in [0, 0.05) is 19.1 Å². The van der Waals surface area contributed by atoms with Gasteiger partial charge in [-0.2, -0.15) is 0 Å². The zero-order valence-electron chi connectivity index (χ0n) is 12.2. The molecular weight excluding hydrogens is 280 g/mol. The fourth-order valence-electron chi connectivity index (χ4n) is 2.80. The predicted octanol–water partition coefficient (Wildman–Crippen LogP) is 2.72. The molecule has 22 heavy (non-hydrogen) atoms. The van der Waals surface area contributed by atoms with Crippen molar-refractivity contribution < 1.29 is 19.1 Å². The van der Waals surface area contributed by atoms with E-state index in [-0.39, 0.29) is 6.10 Å². The zero-order chi connectivity index (χ0) is 15.5. The smallest absolute Gasteiger partial charge is 0.380 e. The second kappa shape index (κ2) is 6.12. The van der Waals surface area contributed by atoms with E-state index in [0.717, 1.165) is 11.1 Å². The van der Waals surface area contributed by atoms with Gasteiger partial charge in [0.05, 0.1) is 0 Å². The van der Waals surface area contributed by atoms with Gasteiger partial charge in [0.25, 0.3) is 5.78 Å². The number of benzene rings is 2. The monoisotopic (exact) mass is 296 g/mol. The Morgan fingerprint density at radius 3 is 2.41 bits per heavy atom. The Morgan fingerprint density at radius 1 is 1.00 bits per heavy atom. The van der Waals surface area contributed by atoms with E-state index in [4.69, 9.17) is 9.47 Å². The predicted molar refractivity (Wildman–Crippen MR) is 80.5 cm³/mol. The first kappa shape index (κ1) is 14.5. The molecule has 0 saturated heterocycles. The van der Waals surface area contributed by atoms with Crippen LogP contribution in [0.25, 0.3) is 0 Å². The van der Waals surface area contributed by atoms with Crippen LogP contribution in [0.4, 0.5) is 0 Å². The average molecular weight is 296 g/mol. The van der Waals surface area contributed by atoms with Crippen LogP contribution in [0.3, 0.4) is 0 Å². The Kier molecular flexibility index (Phi) is 4.02. The molecule has 2 aromatic rings. The Bertz CT molecular complexity index is 693. The normalized spacial score (nSPS) is 19.5. The maximum atomic E-state index is 12.1. The molecule has 2 atom stereocenters. The summed E-state index contributed by atoms with van der Waals surface area (Å²) in [6, 6.07) is 16.2. The molecule has 0 amide bonds. The molecule has 2 aromatic carbocycles. The molecule has 1 aliphatic carbocycles. The van der Waals surface area contributed by atoms with Crippen molar-refractivity contribution in [2.75, 3.05) is 7.11 Å². The molecule has 0 heterocycles. The van der Waals surface area contributed by atoms with E-state index in [1.54, 1.807) is 37.4 Å². The summed E-state index contributed by atoms with van der Waals surface area (Å²) in [5.41, 5.74) is 2.42. The number of carbonyl (C=O) groups excluding carboxylic acids is 2. The summed E-state index contributed by atoms with van der Waals surface area (Å²) < 4.78 is 10.8. The standard InChI is InChI=1S/C18H16O4/c1-21-17-14-10-6-5-9-13(14)11-15(17)22-18(20)16(19)12-7-3-2-4-8-12/h2-10,15,17H,11H2,1H3. The fraction of sp³-hybridized carbons (Fsp3) is 0.222. The number of rotatable bonds is 4. The number of hydrogen-bond acceptors (Lipinski definition) is 4. The van der Waals surface area contributed by atoms with Crippen molar-refractivity contribution in [2.45, 2.75) is 18.6 Å². The number of fused-ring (bicyclic) bond motifs is 1. The number of esters is 1. The second-order valence-electron chi connectivity index (χ2n) is 5.20. The third-order valence-electron chi connectivity index (χ3n) is 3.85. The molecule has 0 N–H and O–H groups in total. The van der Waals surface area contributed by atoms with Gasteiger partial charge >= 0.3 is 5.97 Å². The Hall–Kier alpha value is -2.46. The van der Waals surface area contributed by atoms with Crippen LogP contribution in [-0.2, 0) is 20.7 Å². The van der Waals surface area contributed by atoms with Crippen molar-refractivity contribution in [1.29, 1.82) is 0 Å². The summed E-state index contributed by atoms with van der Waals surface area (Å²) in [6.07, 6.45) is -0.242. The number of carbonyl (C=O) groups is 2. The number of Topliss-reactive ketones (excluding diaryl/α,β-unsaturated/α-hetero) is 1. The highest BCUT2D eigenvalue weighted by Gasteiger charge is 2.36. The minimum absolute atomic E-state index is 0.330. The minimum Gasteiger partial charge on any atom is -0.453 e. The van der Waals surface area contributed by atoms with Crippen LogP contribution < -0.4 is 0 Å². The number of hydrogen-bond donors (Lipinski definition) is 0.